The van der Waals surface area contributed by atoms with E-state index in [2.05, 4.69) is 63.5 Å². The standard InChI is InChI=1S/C26H32N6O/c1-3-27-26(31(2)19-24-28-17-23(30-24)22-8-5-4-6-9-22)29-16-20-11-13-21(14-12-20)18-32-15-7-10-25(32)33/h4-6,8-9,11-14,17H,3,7,10,15-16,18-19H2,1-2H3,(H,27,29)(H,28,30). The van der Waals surface area contributed by atoms with Crippen LogP contribution in [0.5, 0.6) is 0 Å². The highest BCUT2D eigenvalue weighted by Gasteiger charge is 2.19. The predicted octanol–water partition coefficient (Wildman–Crippen LogP) is 3.80. The Kier molecular flexibility index (Phi) is 7.40. The first kappa shape index (κ1) is 22.6. The molecule has 4 rings (SSSR count). The fourth-order valence-corrected chi connectivity index (χ4v) is 3.98. The Balaban J connectivity index is 1.36. The van der Waals surface area contributed by atoms with E-state index in [9.17, 15) is 4.79 Å². The van der Waals surface area contributed by atoms with Crippen molar-refractivity contribution in [2.24, 2.45) is 4.99 Å². The van der Waals surface area contributed by atoms with Crippen LogP contribution >= 0.6 is 0 Å². The van der Waals surface area contributed by atoms with Gasteiger partial charge in [0, 0.05) is 33.1 Å². The number of aliphatic imine (C=N–C) groups is 1. The van der Waals surface area contributed by atoms with Gasteiger partial charge in [-0.1, -0.05) is 54.6 Å². The molecule has 1 aliphatic heterocycles. The van der Waals surface area contributed by atoms with Crippen molar-refractivity contribution in [1.29, 1.82) is 0 Å². The van der Waals surface area contributed by atoms with E-state index in [1.807, 2.05) is 36.3 Å². The number of hydrogen-bond donors (Lipinski definition) is 2. The molecule has 2 aromatic carbocycles. The largest absolute Gasteiger partial charge is 0.357 e. The molecule has 172 valence electrons. The Morgan fingerprint density at radius 1 is 1.15 bits per heavy atom. The van der Waals surface area contributed by atoms with Crippen molar-refractivity contribution < 1.29 is 4.79 Å². The number of aromatic amines is 1. The molecule has 0 unspecified atom stereocenters. The fourth-order valence-electron chi connectivity index (χ4n) is 3.98. The Bertz CT molecular complexity index is 1070. The molecule has 0 radical (unpaired) electrons. The van der Waals surface area contributed by atoms with Crippen LogP contribution in [-0.4, -0.2) is 51.8 Å². The highest BCUT2D eigenvalue weighted by Crippen LogP contribution is 2.17. The SMILES string of the molecule is CCNC(=NCc1ccc(CN2CCCC2=O)cc1)N(C)Cc1ncc(-c2ccccc2)[nH]1. The van der Waals surface area contributed by atoms with Crippen molar-refractivity contribution >= 4 is 11.9 Å². The highest BCUT2D eigenvalue weighted by atomic mass is 16.2. The average Bonchev–Trinajstić information content (AvgIpc) is 3.47. The van der Waals surface area contributed by atoms with Crippen LogP contribution in [0.15, 0.2) is 65.8 Å². The van der Waals surface area contributed by atoms with Crippen LogP contribution in [0.3, 0.4) is 0 Å². The highest BCUT2D eigenvalue weighted by molar-refractivity contribution is 5.79. The van der Waals surface area contributed by atoms with E-state index in [4.69, 9.17) is 4.99 Å². The molecular formula is C26H32N6O. The number of rotatable bonds is 8. The van der Waals surface area contributed by atoms with Crippen molar-refractivity contribution in [2.75, 3.05) is 20.1 Å². The summed E-state index contributed by atoms with van der Waals surface area (Å²) < 4.78 is 0. The Morgan fingerprint density at radius 3 is 2.61 bits per heavy atom. The van der Waals surface area contributed by atoms with Gasteiger partial charge in [-0.25, -0.2) is 9.98 Å². The van der Waals surface area contributed by atoms with E-state index in [1.54, 1.807) is 0 Å². The quantitative estimate of drug-likeness (QED) is 0.409. The topological polar surface area (TPSA) is 76.6 Å². The molecule has 1 aliphatic rings. The molecule has 0 aliphatic carbocycles. The van der Waals surface area contributed by atoms with Crippen LogP contribution in [0.4, 0.5) is 0 Å². The van der Waals surface area contributed by atoms with Crippen LogP contribution in [-0.2, 0) is 24.4 Å². The third-order valence-electron chi connectivity index (χ3n) is 5.78. The molecule has 33 heavy (non-hydrogen) atoms. The van der Waals surface area contributed by atoms with Crippen molar-refractivity contribution in [3.8, 4) is 11.3 Å². The van der Waals surface area contributed by atoms with Gasteiger partial charge in [-0.2, -0.15) is 0 Å². The number of imidazole rings is 1. The molecule has 1 fully saturated rings. The second-order valence-electron chi connectivity index (χ2n) is 8.37. The van der Waals surface area contributed by atoms with Crippen LogP contribution < -0.4 is 5.32 Å². The maximum Gasteiger partial charge on any atom is 0.222 e. The molecule has 7 nitrogen and oxygen atoms in total. The van der Waals surface area contributed by atoms with Crippen LogP contribution in [0, 0.1) is 0 Å². The molecule has 2 heterocycles. The number of carbonyl (C=O) groups is 1. The van der Waals surface area contributed by atoms with E-state index in [0.717, 1.165) is 53.7 Å². The van der Waals surface area contributed by atoms with Gasteiger partial charge in [-0.05, 0) is 30.0 Å². The summed E-state index contributed by atoms with van der Waals surface area (Å²) in [6.45, 7) is 5.63. The van der Waals surface area contributed by atoms with Crippen LogP contribution in [0.2, 0.25) is 0 Å². The second-order valence-corrected chi connectivity index (χ2v) is 8.37. The van der Waals surface area contributed by atoms with Gasteiger partial charge >= 0.3 is 0 Å². The molecule has 3 aromatic rings. The molecule has 0 bridgehead atoms. The summed E-state index contributed by atoms with van der Waals surface area (Å²) in [6.07, 6.45) is 3.52. The van der Waals surface area contributed by atoms with Gasteiger partial charge in [0.2, 0.25) is 5.91 Å². The summed E-state index contributed by atoms with van der Waals surface area (Å²) in [6, 6.07) is 18.6. The first-order chi connectivity index (χ1) is 16.1. The minimum Gasteiger partial charge on any atom is -0.357 e. The van der Waals surface area contributed by atoms with Gasteiger partial charge in [0.05, 0.1) is 25.0 Å². The number of H-pyrrole nitrogens is 1. The number of guanidine groups is 1. The van der Waals surface area contributed by atoms with E-state index in [0.29, 0.717) is 26.1 Å². The zero-order chi connectivity index (χ0) is 23.0. The third kappa shape index (κ3) is 6.00. The molecule has 1 aromatic heterocycles. The van der Waals surface area contributed by atoms with Gasteiger partial charge < -0.3 is 20.1 Å². The zero-order valence-corrected chi connectivity index (χ0v) is 19.4. The second kappa shape index (κ2) is 10.8. The van der Waals surface area contributed by atoms with E-state index in [-0.39, 0.29) is 5.91 Å². The van der Waals surface area contributed by atoms with Crippen molar-refractivity contribution in [3.63, 3.8) is 0 Å². The van der Waals surface area contributed by atoms with E-state index >= 15 is 0 Å². The Hall–Kier alpha value is -3.61. The smallest absolute Gasteiger partial charge is 0.222 e. The number of likely N-dealkylation sites (tertiary alicyclic amines) is 1. The number of nitrogens with zero attached hydrogens (tertiary/aromatic N) is 4. The predicted molar refractivity (Wildman–Crippen MR) is 131 cm³/mol. The lowest BCUT2D eigenvalue weighted by Gasteiger charge is -2.21. The molecule has 0 atom stereocenters. The molecule has 1 amide bonds. The summed E-state index contributed by atoms with van der Waals surface area (Å²) in [5.41, 5.74) is 4.43. The first-order valence-electron chi connectivity index (χ1n) is 11.6. The van der Waals surface area contributed by atoms with Gasteiger partial charge in [0.1, 0.15) is 5.82 Å². The fraction of sp³-hybridized carbons (Fsp3) is 0.346. The van der Waals surface area contributed by atoms with E-state index in [1.165, 1.54) is 0 Å². The Morgan fingerprint density at radius 2 is 1.91 bits per heavy atom. The third-order valence-corrected chi connectivity index (χ3v) is 5.78. The van der Waals surface area contributed by atoms with Crippen LogP contribution in [0.1, 0.15) is 36.7 Å². The molecule has 0 spiro atoms. The number of carbonyl (C=O) groups excluding carboxylic acids is 1. The van der Waals surface area contributed by atoms with Crippen molar-refractivity contribution in [1.82, 2.24) is 25.1 Å². The maximum absolute atomic E-state index is 11.8. The molecule has 2 N–H and O–H groups in total. The summed E-state index contributed by atoms with van der Waals surface area (Å²) in [4.78, 5) is 28.6. The number of hydrogen-bond acceptors (Lipinski definition) is 3. The lowest BCUT2D eigenvalue weighted by Crippen LogP contribution is -2.38. The molecule has 0 saturated carbocycles. The van der Waals surface area contributed by atoms with E-state index < -0.39 is 0 Å². The number of nitrogens with one attached hydrogen (secondary N) is 2. The van der Waals surface area contributed by atoms with Crippen LogP contribution in [0.25, 0.3) is 11.3 Å². The average molecular weight is 445 g/mol. The normalized spacial score (nSPS) is 14.1. The Labute approximate surface area is 195 Å². The maximum atomic E-state index is 11.8. The van der Waals surface area contributed by atoms with Crippen molar-refractivity contribution in [2.45, 2.75) is 39.4 Å². The minimum atomic E-state index is 0.259. The monoisotopic (exact) mass is 444 g/mol. The molecule has 1 saturated heterocycles. The number of amides is 1. The number of aromatic nitrogens is 2. The summed E-state index contributed by atoms with van der Waals surface area (Å²) in [5, 5.41) is 3.37. The molecular weight excluding hydrogens is 412 g/mol. The van der Waals surface area contributed by atoms with Gasteiger partial charge in [0.15, 0.2) is 5.96 Å². The summed E-state index contributed by atoms with van der Waals surface area (Å²) in [7, 11) is 2.02. The number of benzene rings is 2. The lowest BCUT2D eigenvalue weighted by atomic mass is 10.1. The van der Waals surface area contributed by atoms with Gasteiger partial charge in [-0.15, -0.1) is 0 Å². The zero-order valence-electron chi connectivity index (χ0n) is 19.4. The van der Waals surface area contributed by atoms with Gasteiger partial charge in [-0.3, -0.25) is 4.79 Å². The summed E-state index contributed by atoms with van der Waals surface area (Å²) in [5.74, 6) is 1.99. The minimum absolute atomic E-state index is 0.259. The van der Waals surface area contributed by atoms with Gasteiger partial charge in [0.25, 0.3) is 0 Å². The summed E-state index contributed by atoms with van der Waals surface area (Å²) >= 11 is 0. The molecule has 7 heteroatoms. The first-order valence-corrected chi connectivity index (χ1v) is 11.6. The lowest BCUT2D eigenvalue weighted by molar-refractivity contribution is -0.128. The van der Waals surface area contributed by atoms with Crippen molar-refractivity contribution in [3.05, 3.63) is 77.7 Å².